The molecule has 1 aliphatic heterocycles. The number of carbonyl (C=O) groups excluding carboxylic acids is 3. The number of imide groups is 1. The summed E-state index contributed by atoms with van der Waals surface area (Å²) in [5, 5.41) is 4.96. The number of anilines is 1. The summed E-state index contributed by atoms with van der Waals surface area (Å²) in [7, 11) is 0. The molecule has 3 amide bonds. The summed E-state index contributed by atoms with van der Waals surface area (Å²) in [6, 6.07) is 15.6. The van der Waals surface area contributed by atoms with Crippen LogP contribution < -0.4 is 10.6 Å². The predicted octanol–water partition coefficient (Wildman–Crippen LogP) is 2.61. The van der Waals surface area contributed by atoms with Crippen molar-refractivity contribution in [3.8, 4) is 5.69 Å². The largest absolute Gasteiger partial charge is 0.324 e. The Bertz CT molecular complexity index is 989. The molecule has 1 aromatic heterocycles. The molecule has 0 saturated heterocycles. The first-order valence-electron chi connectivity index (χ1n) is 7.66. The summed E-state index contributed by atoms with van der Waals surface area (Å²) in [6.45, 7) is 0. The van der Waals surface area contributed by atoms with Crippen molar-refractivity contribution in [1.29, 1.82) is 0 Å². The average molecular weight is 331 g/mol. The highest BCUT2D eigenvalue weighted by Gasteiger charge is 2.26. The van der Waals surface area contributed by atoms with Gasteiger partial charge in [0.2, 0.25) is 0 Å². The summed E-state index contributed by atoms with van der Waals surface area (Å²) in [4.78, 5) is 35.6. The molecule has 1 aliphatic rings. The minimum Gasteiger partial charge on any atom is -0.324 e. The maximum Gasteiger partial charge on any atom is 0.259 e. The molecule has 4 rings (SSSR count). The minimum absolute atomic E-state index is 0.269. The molecule has 6 heteroatoms. The fourth-order valence-corrected chi connectivity index (χ4v) is 2.74. The highest BCUT2D eigenvalue weighted by Crippen LogP contribution is 2.21. The molecule has 2 heterocycles. The quantitative estimate of drug-likeness (QED) is 0.724. The van der Waals surface area contributed by atoms with Crippen molar-refractivity contribution in [1.82, 2.24) is 9.88 Å². The van der Waals surface area contributed by atoms with E-state index < -0.39 is 11.8 Å². The first-order valence-corrected chi connectivity index (χ1v) is 7.66. The number of fused-ring (bicyclic) bond motifs is 1. The van der Waals surface area contributed by atoms with Gasteiger partial charge >= 0.3 is 0 Å². The Balaban J connectivity index is 1.54. The molecule has 6 nitrogen and oxygen atoms in total. The molecule has 3 aromatic rings. The van der Waals surface area contributed by atoms with Crippen LogP contribution in [0.3, 0.4) is 0 Å². The van der Waals surface area contributed by atoms with Gasteiger partial charge in [0.15, 0.2) is 0 Å². The Morgan fingerprint density at radius 3 is 2.28 bits per heavy atom. The van der Waals surface area contributed by atoms with E-state index in [0.717, 1.165) is 5.69 Å². The maximum atomic E-state index is 12.4. The monoisotopic (exact) mass is 331 g/mol. The third-order valence-corrected chi connectivity index (χ3v) is 4.03. The smallest absolute Gasteiger partial charge is 0.259 e. The van der Waals surface area contributed by atoms with E-state index in [2.05, 4.69) is 10.6 Å². The van der Waals surface area contributed by atoms with E-state index in [0.29, 0.717) is 16.8 Å². The fraction of sp³-hybridized carbons (Fsp3) is 0. The lowest BCUT2D eigenvalue weighted by Crippen LogP contribution is -2.19. The molecule has 0 radical (unpaired) electrons. The van der Waals surface area contributed by atoms with Gasteiger partial charge in [0.1, 0.15) is 0 Å². The van der Waals surface area contributed by atoms with Crippen molar-refractivity contribution >= 4 is 23.4 Å². The standard InChI is InChI=1S/C19H13N3O3/c23-17(12-3-6-14(7-4-12)22-9-1-2-10-22)20-13-5-8-15-16(11-13)19(25)21-18(15)24/h1-11H,(H,20,23)(H,21,24,25). The van der Waals surface area contributed by atoms with Gasteiger partial charge in [0.25, 0.3) is 17.7 Å². The van der Waals surface area contributed by atoms with E-state index in [1.165, 1.54) is 12.1 Å². The number of carbonyl (C=O) groups is 3. The third-order valence-electron chi connectivity index (χ3n) is 4.03. The molecule has 0 spiro atoms. The van der Waals surface area contributed by atoms with Crippen molar-refractivity contribution in [3.63, 3.8) is 0 Å². The molecule has 2 aromatic carbocycles. The van der Waals surface area contributed by atoms with E-state index in [4.69, 9.17) is 0 Å². The molecule has 0 saturated carbocycles. The zero-order valence-corrected chi connectivity index (χ0v) is 13.0. The van der Waals surface area contributed by atoms with Crippen LogP contribution in [-0.4, -0.2) is 22.3 Å². The van der Waals surface area contributed by atoms with Crippen LogP contribution >= 0.6 is 0 Å². The number of hydrogen-bond acceptors (Lipinski definition) is 3. The second kappa shape index (κ2) is 5.76. The van der Waals surface area contributed by atoms with Gasteiger partial charge in [-0.25, -0.2) is 0 Å². The molecule has 0 fully saturated rings. The molecule has 0 bridgehead atoms. The van der Waals surface area contributed by atoms with Gasteiger partial charge in [0.05, 0.1) is 11.1 Å². The molecule has 0 atom stereocenters. The van der Waals surface area contributed by atoms with Crippen molar-refractivity contribution < 1.29 is 14.4 Å². The van der Waals surface area contributed by atoms with Crippen LogP contribution in [0.4, 0.5) is 5.69 Å². The number of nitrogens with one attached hydrogen (secondary N) is 2. The fourth-order valence-electron chi connectivity index (χ4n) is 2.74. The van der Waals surface area contributed by atoms with Crippen molar-refractivity contribution in [3.05, 3.63) is 83.7 Å². The summed E-state index contributed by atoms with van der Waals surface area (Å²) in [5.74, 6) is -1.16. The number of hydrogen-bond donors (Lipinski definition) is 2. The molecular weight excluding hydrogens is 318 g/mol. The van der Waals surface area contributed by atoms with E-state index in [1.54, 1.807) is 18.2 Å². The van der Waals surface area contributed by atoms with Crippen LogP contribution in [0.1, 0.15) is 31.1 Å². The van der Waals surface area contributed by atoms with Crippen molar-refractivity contribution in [2.45, 2.75) is 0 Å². The Labute approximate surface area is 143 Å². The summed E-state index contributed by atoms with van der Waals surface area (Å²) in [5.41, 5.74) is 2.50. The number of nitrogens with zero attached hydrogens (tertiary/aromatic N) is 1. The number of rotatable bonds is 3. The lowest BCUT2D eigenvalue weighted by molar-refractivity contribution is 0.0878. The SMILES string of the molecule is O=C(Nc1ccc2c(c1)C(=O)NC2=O)c1ccc(-n2cccc2)cc1. The van der Waals surface area contributed by atoms with Crippen molar-refractivity contribution in [2.24, 2.45) is 0 Å². The maximum absolute atomic E-state index is 12.4. The normalized spacial score (nSPS) is 12.6. The number of aromatic nitrogens is 1. The number of amides is 3. The first kappa shape index (κ1) is 14.9. The van der Waals surface area contributed by atoms with Gasteiger partial charge in [-0.05, 0) is 54.6 Å². The van der Waals surface area contributed by atoms with Gasteiger partial charge in [-0.15, -0.1) is 0 Å². The third kappa shape index (κ3) is 2.70. The molecule has 0 aliphatic carbocycles. The lowest BCUT2D eigenvalue weighted by Gasteiger charge is -2.08. The lowest BCUT2D eigenvalue weighted by atomic mass is 10.1. The summed E-state index contributed by atoms with van der Waals surface area (Å²) < 4.78 is 1.94. The summed E-state index contributed by atoms with van der Waals surface area (Å²) in [6.07, 6.45) is 3.85. The Morgan fingerprint density at radius 2 is 1.56 bits per heavy atom. The van der Waals surface area contributed by atoms with Crippen LogP contribution in [0.25, 0.3) is 5.69 Å². The number of benzene rings is 2. The molecule has 122 valence electrons. The van der Waals surface area contributed by atoms with Gasteiger partial charge in [-0.3, -0.25) is 19.7 Å². The Kier molecular flexibility index (Phi) is 3.43. The highest BCUT2D eigenvalue weighted by molar-refractivity contribution is 6.22. The van der Waals surface area contributed by atoms with E-state index >= 15 is 0 Å². The topological polar surface area (TPSA) is 80.2 Å². The van der Waals surface area contributed by atoms with Gasteiger partial charge in [-0.1, -0.05) is 0 Å². The van der Waals surface area contributed by atoms with Crippen LogP contribution in [0.2, 0.25) is 0 Å². The van der Waals surface area contributed by atoms with Gasteiger partial charge < -0.3 is 9.88 Å². The zero-order valence-electron chi connectivity index (χ0n) is 13.0. The molecule has 2 N–H and O–H groups in total. The predicted molar refractivity (Wildman–Crippen MR) is 92.0 cm³/mol. The average Bonchev–Trinajstić information content (AvgIpc) is 3.24. The first-order chi connectivity index (χ1) is 12.1. The Morgan fingerprint density at radius 1 is 0.880 bits per heavy atom. The second-order valence-corrected chi connectivity index (χ2v) is 5.63. The van der Waals surface area contributed by atoms with Crippen LogP contribution in [0.5, 0.6) is 0 Å². The van der Waals surface area contributed by atoms with E-state index in [1.807, 2.05) is 41.2 Å². The van der Waals surface area contributed by atoms with Crippen LogP contribution in [-0.2, 0) is 0 Å². The van der Waals surface area contributed by atoms with Gasteiger partial charge in [0, 0.05) is 29.3 Å². The zero-order chi connectivity index (χ0) is 17.4. The highest BCUT2D eigenvalue weighted by atomic mass is 16.2. The molecule has 25 heavy (non-hydrogen) atoms. The van der Waals surface area contributed by atoms with Crippen molar-refractivity contribution in [2.75, 3.05) is 5.32 Å². The second-order valence-electron chi connectivity index (χ2n) is 5.63. The van der Waals surface area contributed by atoms with Crippen LogP contribution in [0, 0.1) is 0 Å². The minimum atomic E-state index is -0.452. The molecule has 0 unspecified atom stereocenters. The molecular formula is C19H13N3O3. The van der Waals surface area contributed by atoms with Crippen LogP contribution in [0.15, 0.2) is 67.0 Å². The van der Waals surface area contributed by atoms with E-state index in [9.17, 15) is 14.4 Å². The Hall–Kier alpha value is -3.67. The van der Waals surface area contributed by atoms with E-state index in [-0.39, 0.29) is 11.5 Å². The summed E-state index contributed by atoms with van der Waals surface area (Å²) >= 11 is 0. The van der Waals surface area contributed by atoms with Gasteiger partial charge in [-0.2, -0.15) is 0 Å².